The maximum absolute atomic E-state index is 10.1. The van der Waals surface area contributed by atoms with Crippen molar-refractivity contribution < 1.29 is 14.6 Å². The van der Waals surface area contributed by atoms with Gasteiger partial charge in [0.25, 0.3) is 0 Å². The number of guanidine groups is 1. The molecule has 2 saturated carbocycles. The molecule has 0 saturated heterocycles. The number of halogens is 1. The topological polar surface area (TPSA) is 75.1 Å². The van der Waals surface area contributed by atoms with E-state index >= 15 is 0 Å². The molecule has 1 aromatic carbocycles. The van der Waals surface area contributed by atoms with Crippen molar-refractivity contribution >= 4 is 29.9 Å². The highest BCUT2D eigenvalue weighted by Gasteiger charge is 2.22. The number of aliphatic imine (C=N–C) groups is 1. The minimum atomic E-state index is -0.540. The number of aliphatic hydroxyl groups excluding tert-OH is 1. The van der Waals surface area contributed by atoms with Gasteiger partial charge in [-0.3, -0.25) is 0 Å². The van der Waals surface area contributed by atoms with Gasteiger partial charge in [0.1, 0.15) is 5.75 Å². The monoisotopic (exact) mass is 503 g/mol. The van der Waals surface area contributed by atoms with E-state index in [1.807, 2.05) is 25.1 Å². The average Bonchev–Trinajstić information content (AvgIpc) is 3.58. The van der Waals surface area contributed by atoms with E-state index in [-0.39, 0.29) is 24.0 Å². The van der Waals surface area contributed by atoms with Crippen LogP contribution in [0.3, 0.4) is 0 Å². The standard InChI is InChI=1S/C21H33N3O3.HI/c1-2-22-21(24-12-19(25)15-26-13-16-7-8-16)23-11-18-5-3-4-6-20(18)27-14-17-9-10-17;/h3-6,16-17,19,25H,2,7-15H2,1H3,(H2,22,23,24);1H. The molecule has 28 heavy (non-hydrogen) atoms. The van der Waals surface area contributed by atoms with E-state index in [0.717, 1.165) is 37.0 Å². The number of hydrogen-bond donors (Lipinski definition) is 3. The largest absolute Gasteiger partial charge is 0.493 e. The molecule has 6 nitrogen and oxygen atoms in total. The maximum atomic E-state index is 10.1. The Labute approximate surface area is 185 Å². The molecule has 1 unspecified atom stereocenters. The Balaban J connectivity index is 0.00000280. The van der Waals surface area contributed by atoms with E-state index in [9.17, 15) is 5.11 Å². The summed E-state index contributed by atoms with van der Waals surface area (Å²) in [5.74, 6) is 3.05. The molecule has 3 N–H and O–H groups in total. The van der Waals surface area contributed by atoms with Gasteiger partial charge in [0.05, 0.1) is 25.9 Å². The number of aliphatic hydroxyl groups is 1. The van der Waals surface area contributed by atoms with Gasteiger partial charge in [0.2, 0.25) is 0 Å². The van der Waals surface area contributed by atoms with Crippen molar-refractivity contribution in [3.05, 3.63) is 29.8 Å². The Kier molecular flexibility index (Phi) is 10.4. The summed E-state index contributed by atoms with van der Waals surface area (Å²) < 4.78 is 11.5. The molecular weight excluding hydrogens is 469 g/mol. The number of ether oxygens (including phenoxy) is 2. The van der Waals surface area contributed by atoms with Crippen LogP contribution in [-0.2, 0) is 11.3 Å². The second-order valence-corrected chi connectivity index (χ2v) is 7.57. The van der Waals surface area contributed by atoms with Gasteiger partial charge >= 0.3 is 0 Å². The molecule has 1 aromatic rings. The van der Waals surface area contributed by atoms with Crippen LogP contribution in [0.25, 0.3) is 0 Å². The third kappa shape index (κ3) is 8.96. The molecule has 0 aliphatic heterocycles. The van der Waals surface area contributed by atoms with Crippen LogP contribution in [0.4, 0.5) is 0 Å². The highest BCUT2D eigenvalue weighted by molar-refractivity contribution is 14.0. The van der Waals surface area contributed by atoms with Crippen molar-refractivity contribution in [3.63, 3.8) is 0 Å². The van der Waals surface area contributed by atoms with E-state index in [1.165, 1.54) is 25.7 Å². The number of rotatable bonds is 12. The summed E-state index contributed by atoms with van der Waals surface area (Å²) in [5.41, 5.74) is 1.07. The van der Waals surface area contributed by atoms with Crippen LogP contribution in [0.5, 0.6) is 5.75 Å². The summed E-state index contributed by atoms with van der Waals surface area (Å²) in [6.45, 7) is 5.66. The Bertz CT molecular complexity index is 606. The van der Waals surface area contributed by atoms with Gasteiger partial charge in [0, 0.05) is 25.3 Å². The quantitative estimate of drug-likeness (QED) is 0.233. The minimum absolute atomic E-state index is 0. The van der Waals surface area contributed by atoms with Gasteiger partial charge in [0.15, 0.2) is 5.96 Å². The predicted molar refractivity (Wildman–Crippen MR) is 122 cm³/mol. The number of para-hydroxylation sites is 1. The zero-order valence-corrected chi connectivity index (χ0v) is 19.1. The van der Waals surface area contributed by atoms with Crippen LogP contribution in [0.2, 0.25) is 0 Å². The maximum Gasteiger partial charge on any atom is 0.191 e. The molecule has 158 valence electrons. The Morgan fingerprint density at radius 2 is 1.86 bits per heavy atom. The summed E-state index contributed by atoms with van der Waals surface area (Å²) in [7, 11) is 0. The number of nitrogens with one attached hydrogen (secondary N) is 2. The van der Waals surface area contributed by atoms with Gasteiger partial charge < -0.3 is 25.2 Å². The van der Waals surface area contributed by atoms with Crippen LogP contribution < -0.4 is 15.4 Å². The van der Waals surface area contributed by atoms with Crippen molar-refractivity contribution in [3.8, 4) is 5.75 Å². The third-order valence-corrected chi connectivity index (χ3v) is 4.76. The SMILES string of the molecule is CCNC(=NCc1ccccc1OCC1CC1)NCC(O)COCC1CC1.I. The second-order valence-electron chi connectivity index (χ2n) is 7.57. The van der Waals surface area contributed by atoms with Crippen molar-refractivity contribution in [2.24, 2.45) is 16.8 Å². The Morgan fingerprint density at radius 3 is 2.57 bits per heavy atom. The fourth-order valence-electron chi connectivity index (χ4n) is 2.70. The van der Waals surface area contributed by atoms with Crippen molar-refractivity contribution in [2.75, 3.05) is 32.9 Å². The van der Waals surface area contributed by atoms with Crippen LogP contribution in [0.1, 0.15) is 38.2 Å². The minimum Gasteiger partial charge on any atom is -0.493 e. The van der Waals surface area contributed by atoms with Crippen molar-refractivity contribution in [1.29, 1.82) is 0 Å². The first kappa shape index (κ1) is 23.2. The second kappa shape index (κ2) is 12.5. The molecule has 0 bridgehead atoms. The summed E-state index contributed by atoms with van der Waals surface area (Å²) in [4.78, 5) is 4.64. The molecule has 0 radical (unpaired) electrons. The Morgan fingerprint density at radius 1 is 1.14 bits per heavy atom. The summed E-state index contributed by atoms with van der Waals surface area (Å²) in [5, 5.41) is 16.5. The molecule has 2 fully saturated rings. The van der Waals surface area contributed by atoms with Crippen LogP contribution in [0.15, 0.2) is 29.3 Å². The molecular formula is C21H34IN3O3. The van der Waals surface area contributed by atoms with Crippen molar-refractivity contribution in [1.82, 2.24) is 10.6 Å². The summed E-state index contributed by atoms with van der Waals surface area (Å²) in [6, 6.07) is 8.07. The zero-order chi connectivity index (χ0) is 18.9. The van der Waals surface area contributed by atoms with Crippen molar-refractivity contribution in [2.45, 2.75) is 45.3 Å². The van der Waals surface area contributed by atoms with E-state index in [2.05, 4.69) is 21.7 Å². The smallest absolute Gasteiger partial charge is 0.191 e. The first-order chi connectivity index (χ1) is 13.2. The molecule has 3 rings (SSSR count). The van der Waals surface area contributed by atoms with Crippen LogP contribution >= 0.6 is 24.0 Å². The fraction of sp³-hybridized carbons (Fsp3) is 0.667. The number of benzene rings is 1. The first-order valence-corrected chi connectivity index (χ1v) is 10.2. The number of nitrogens with zero attached hydrogens (tertiary/aromatic N) is 1. The lowest BCUT2D eigenvalue weighted by molar-refractivity contribution is 0.0345. The van der Waals surface area contributed by atoms with Gasteiger partial charge in [-0.25, -0.2) is 4.99 Å². The van der Waals surface area contributed by atoms with Crippen LogP contribution in [-0.4, -0.2) is 50.1 Å². The third-order valence-electron chi connectivity index (χ3n) is 4.76. The predicted octanol–water partition coefficient (Wildman–Crippen LogP) is 2.94. The first-order valence-electron chi connectivity index (χ1n) is 10.2. The summed E-state index contributed by atoms with van der Waals surface area (Å²) >= 11 is 0. The fourth-order valence-corrected chi connectivity index (χ4v) is 2.70. The van der Waals surface area contributed by atoms with Gasteiger partial charge in [-0.05, 0) is 50.5 Å². The molecule has 1 atom stereocenters. The van der Waals surface area contributed by atoms with E-state index < -0.39 is 6.10 Å². The molecule has 0 aromatic heterocycles. The lowest BCUT2D eigenvalue weighted by Crippen LogP contribution is -2.42. The molecule has 2 aliphatic carbocycles. The van der Waals surface area contributed by atoms with E-state index in [1.54, 1.807) is 0 Å². The lowest BCUT2D eigenvalue weighted by Gasteiger charge is -2.16. The highest BCUT2D eigenvalue weighted by Crippen LogP contribution is 2.30. The molecule has 2 aliphatic rings. The molecule has 0 spiro atoms. The van der Waals surface area contributed by atoms with Gasteiger partial charge in [-0.2, -0.15) is 0 Å². The normalized spacial score (nSPS) is 17.6. The van der Waals surface area contributed by atoms with Crippen LogP contribution in [0, 0.1) is 11.8 Å². The average molecular weight is 503 g/mol. The van der Waals surface area contributed by atoms with Gasteiger partial charge in [-0.15, -0.1) is 24.0 Å². The molecule has 7 heteroatoms. The van der Waals surface area contributed by atoms with E-state index in [4.69, 9.17) is 9.47 Å². The highest BCUT2D eigenvalue weighted by atomic mass is 127. The molecule has 0 amide bonds. The summed E-state index contributed by atoms with van der Waals surface area (Å²) in [6.07, 6.45) is 4.54. The van der Waals surface area contributed by atoms with E-state index in [0.29, 0.717) is 31.6 Å². The Hall–Kier alpha value is -1.06. The zero-order valence-electron chi connectivity index (χ0n) is 16.7. The van der Waals surface area contributed by atoms with Gasteiger partial charge in [-0.1, -0.05) is 18.2 Å². The lowest BCUT2D eigenvalue weighted by atomic mass is 10.2. The number of hydrogen-bond acceptors (Lipinski definition) is 4. The molecule has 0 heterocycles.